The van der Waals surface area contributed by atoms with Gasteiger partial charge < -0.3 is 4.74 Å². The normalized spacial score (nSPS) is 17.4. The molecule has 0 spiro atoms. The molecule has 0 aliphatic carbocycles. The minimum absolute atomic E-state index is 0.295. The van der Waals surface area contributed by atoms with Gasteiger partial charge in [-0.3, -0.25) is 4.90 Å². The maximum atomic E-state index is 5.35. The van der Waals surface area contributed by atoms with Gasteiger partial charge in [0.25, 0.3) is 0 Å². The van der Waals surface area contributed by atoms with E-state index in [0.717, 1.165) is 52.6 Å². The summed E-state index contributed by atoms with van der Waals surface area (Å²) in [5, 5.41) is 12.2. The Kier molecular flexibility index (Phi) is 4.54. The van der Waals surface area contributed by atoms with Crippen molar-refractivity contribution in [3.63, 3.8) is 0 Å². The molecule has 1 fully saturated rings. The van der Waals surface area contributed by atoms with E-state index in [9.17, 15) is 0 Å². The van der Waals surface area contributed by atoms with Gasteiger partial charge >= 0.3 is 0 Å². The zero-order valence-electron chi connectivity index (χ0n) is 15.7. The molecule has 3 aromatic heterocycles. The van der Waals surface area contributed by atoms with Crippen LogP contribution in [0.5, 0.6) is 5.75 Å². The summed E-state index contributed by atoms with van der Waals surface area (Å²) in [7, 11) is 1.69. The van der Waals surface area contributed by atoms with Gasteiger partial charge in [-0.1, -0.05) is 23.4 Å². The highest BCUT2D eigenvalue weighted by Gasteiger charge is 2.30. The number of aromatic nitrogens is 4. The minimum Gasteiger partial charge on any atom is -0.497 e. The quantitative estimate of drug-likeness (QED) is 0.510. The Balaban J connectivity index is 1.46. The monoisotopic (exact) mass is 391 g/mol. The second-order valence-corrected chi connectivity index (χ2v) is 7.99. The standard InChI is InChI=1S/C21H21N5OS/c1-27-17-5-2-4-15(12-17)16-7-8-19-21(23-24-26(19)13-16)18-6-3-10-25(18)14-20-22-9-11-28-20/h2,4-5,7-9,11-13,18H,3,6,10,14H2,1H3/t18-/m0/s1. The first-order chi connectivity index (χ1) is 13.8. The van der Waals surface area contributed by atoms with Crippen LogP contribution in [0, 0.1) is 0 Å². The first-order valence-corrected chi connectivity index (χ1v) is 10.3. The summed E-state index contributed by atoms with van der Waals surface area (Å²) in [5.74, 6) is 0.848. The number of rotatable bonds is 5. The number of thiazole rings is 1. The predicted molar refractivity (Wildman–Crippen MR) is 109 cm³/mol. The topological polar surface area (TPSA) is 55.5 Å². The summed E-state index contributed by atoms with van der Waals surface area (Å²) in [6.07, 6.45) is 6.20. The zero-order valence-corrected chi connectivity index (χ0v) is 16.5. The number of pyridine rings is 1. The highest BCUT2D eigenvalue weighted by molar-refractivity contribution is 7.09. The Morgan fingerprint density at radius 1 is 1.21 bits per heavy atom. The Hall–Kier alpha value is -2.77. The first kappa shape index (κ1) is 17.3. The molecule has 4 aromatic rings. The van der Waals surface area contributed by atoms with E-state index in [1.54, 1.807) is 18.4 Å². The van der Waals surface area contributed by atoms with Gasteiger partial charge in [0, 0.05) is 23.3 Å². The number of likely N-dealkylation sites (tertiary alicyclic amines) is 1. The van der Waals surface area contributed by atoms with Gasteiger partial charge in [0.1, 0.15) is 16.5 Å². The number of benzene rings is 1. The molecule has 0 N–H and O–H groups in total. The van der Waals surface area contributed by atoms with E-state index in [4.69, 9.17) is 4.74 Å². The van der Waals surface area contributed by atoms with Gasteiger partial charge in [-0.25, -0.2) is 9.50 Å². The van der Waals surface area contributed by atoms with Crippen molar-refractivity contribution in [2.45, 2.75) is 25.4 Å². The van der Waals surface area contributed by atoms with E-state index < -0.39 is 0 Å². The second kappa shape index (κ2) is 7.33. The average molecular weight is 391 g/mol. The molecule has 1 aliphatic rings. The number of methoxy groups -OCH3 is 1. The van der Waals surface area contributed by atoms with Crippen LogP contribution in [0.15, 0.2) is 54.2 Å². The Bertz CT molecular complexity index is 1090. The van der Waals surface area contributed by atoms with Crippen LogP contribution >= 0.6 is 11.3 Å². The van der Waals surface area contributed by atoms with E-state index in [-0.39, 0.29) is 0 Å². The van der Waals surface area contributed by atoms with E-state index in [0.29, 0.717) is 6.04 Å². The average Bonchev–Trinajstić information content (AvgIpc) is 3.48. The van der Waals surface area contributed by atoms with Crippen molar-refractivity contribution in [3.8, 4) is 16.9 Å². The molecule has 4 heterocycles. The van der Waals surface area contributed by atoms with Crippen molar-refractivity contribution in [1.82, 2.24) is 24.7 Å². The molecule has 5 rings (SSSR count). The molecular weight excluding hydrogens is 370 g/mol. The molecule has 0 saturated carbocycles. The number of hydrogen-bond donors (Lipinski definition) is 0. The SMILES string of the molecule is COc1cccc(-c2ccc3c([C@@H]4CCCN4Cc4nccs4)nnn3c2)c1. The maximum Gasteiger partial charge on any atom is 0.119 e. The van der Waals surface area contributed by atoms with Gasteiger partial charge in [-0.2, -0.15) is 0 Å². The smallest absolute Gasteiger partial charge is 0.119 e. The fourth-order valence-corrected chi connectivity index (χ4v) is 4.60. The van der Waals surface area contributed by atoms with E-state index in [1.165, 1.54) is 6.42 Å². The molecule has 142 valence electrons. The molecule has 1 saturated heterocycles. The third-order valence-electron chi connectivity index (χ3n) is 5.34. The van der Waals surface area contributed by atoms with Crippen LogP contribution in [0.25, 0.3) is 16.6 Å². The summed E-state index contributed by atoms with van der Waals surface area (Å²) >= 11 is 1.71. The summed E-state index contributed by atoms with van der Waals surface area (Å²) < 4.78 is 7.24. The summed E-state index contributed by atoms with van der Waals surface area (Å²) in [6, 6.07) is 12.6. The van der Waals surface area contributed by atoms with Gasteiger partial charge in [0.2, 0.25) is 0 Å². The molecule has 0 bridgehead atoms. The van der Waals surface area contributed by atoms with Crippen molar-refractivity contribution >= 4 is 16.9 Å². The highest BCUT2D eigenvalue weighted by atomic mass is 32.1. The lowest BCUT2D eigenvalue weighted by Crippen LogP contribution is -2.23. The third-order valence-corrected chi connectivity index (χ3v) is 6.11. The summed E-state index contributed by atoms with van der Waals surface area (Å²) in [6.45, 7) is 1.95. The Morgan fingerprint density at radius 3 is 3.04 bits per heavy atom. The second-order valence-electron chi connectivity index (χ2n) is 7.01. The van der Waals surface area contributed by atoms with Crippen LogP contribution in [-0.2, 0) is 6.54 Å². The largest absolute Gasteiger partial charge is 0.497 e. The fraction of sp³-hybridized carbons (Fsp3) is 0.286. The van der Waals surface area contributed by atoms with Crippen LogP contribution in [0.4, 0.5) is 0 Å². The fourth-order valence-electron chi connectivity index (χ4n) is 3.95. The van der Waals surface area contributed by atoms with Crippen molar-refractivity contribution < 1.29 is 4.74 Å². The summed E-state index contributed by atoms with van der Waals surface area (Å²) in [5.41, 5.74) is 4.33. The van der Waals surface area contributed by atoms with E-state index in [2.05, 4.69) is 38.4 Å². The molecule has 0 radical (unpaired) electrons. The Labute approximate surface area is 167 Å². The lowest BCUT2D eigenvalue weighted by molar-refractivity contribution is 0.245. The molecular formula is C21H21N5OS. The molecule has 0 amide bonds. The number of fused-ring (bicyclic) bond motifs is 1. The third kappa shape index (κ3) is 3.16. The van der Waals surface area contributed by atoms with Crippen LogP contribution in [-0.4, -0.2) is 38.4 Å². The molecule has 1 aromatic carbocycles. The molecule has 28 heavy (non-hydrogen) atoms. The van der Waals surface area contributed by atoms with Crippen LogP contribution < -0.4 is 4.74 Å². The van der Waals surface area contributed by atoms with E-state index in [1.807, 2.05) is 40.5 Å². The maximum absolute atomic E-state index is 5.35. The molecule has 6 nitrogen and oxygen atoms in total. The van der Waals surface area contributed by atoms with Gasteiger partial charge in [0.05, 0.1) is 25.2 Å². The van der Waals surface area contributed by atoms with Gasteiger partial charge in [0.15, 0.2) is 0 Å². The lowest BCUT2D eigenvalue weighted by Gasteiger charge is -2.21. The van der Waals surface area contributed by atoms with Gasteiger partial charge in [-0.05, 0) is 43.1 Å². The number of hydrogen-bond acceptors (Lipinski definition) is 6. The summed E-state index contributed by atoms with van der Waals surface area (Å²) in [4.78, 5) is 6.91. The molecule has 1 atom stereocenters. The van der Waals surface area contributed by atoms with Crippen molar-refractivity contribution in [1.29, 1.82) is 0 Å². The molecule has 7 heteroatoms. The molecule has 1 aliphatic heterocycles. The highest BCUT2D eigenvalue weighted by Crippen LogP contribution is 2.35. The lowest BCUT2D eigenvalue weighted by atomic mass is 10.1. The van der Waals surface area contributed by atoms with Crippen LogP contribution in [0.1, 0.15) is 29.6 Å². The van der Waals surface area contributed by atoms with Crippen molar-refractivity contribution in [2.75, 3.05) is 13.7 Å². The first-order valence-electron chi connectivity index (χ1n) is 9.43. The number of ether oxygens (including phenoxy) is 1. The number of nitrogens with zero attached hydrogens (tertiary/aromatic N) is 5. The zero-order chi connectivity index (χ0) is 18.9. The van der Waals surface area contributed by atoms with Crippen molar-refractivity contribution in [2.24, 2.45) is 0 Å². The van der Waals surface area contributed by atoms with Gasteiger partial charge in [-0.15, -0.1) is 16.4 Å². The van der Waals surface area contributed by atoms with E-state index >= 15 is 0 Å². The Morgan fingerprint density at radius 2 is 2.18 bits per heavy atom. The molecule has 0 unspecified atom stereocenters. The van der Waals surface area contributed by atoms with Crippen LogP contribution in [0.2, 0.25) is 0 Å². The minimum atomic E-state index is 0.295. The van der Waals surface area contributed by atoms with Crippen LogP contribution in [0.3, 0.4) is 0 Å². The van der Waals surface area contributed by atoms with Crippen molar-refractivity contribution in [3.05, 3.63) is 64.9 Å². The predicted octanol–water partition coefficient (Wildman–Crippen LogP) is 4.20.